The van der Waals surface area contributed by atoms with Crippen molar-refractivity contribution in [3.8, 4) is 11.3 Å². The van der Waals surface area contributed by atoms with Crippen LogP contribution in [0.15, 0.2) is 65.4 Å². The molecular formula is C22H22N4O2. The first-order chi connectivity index (χ1) is 13.6. The molecule has 3 aromatic heterocycles. The summed E-state index contributed by atoms with van der Waals surface area (Å²) < 4.78 is 7.58. The van der Waals surface area contributed by atoms with E-state index in [0.29, 0.717) is 25.3 Å². The van der Waals surface area contributed by atoms with Crippen molar-refractivity contribution in [2.45, 2.75) is 26.4 Å². The van der Waals surface area contributed by atoms with Gasteiger partial charge in [-0.1, -0.05) is 23.4 Å². The number of pyridine rings is 1. The normalized spacial score (nSPS) is 11.1. The number of aromatic nitrogens is 3. The van der Waals surface area contributed by atoms with E-state index in [1.807, 2.05) is 30.3 Å². The minimum Gasteiger partial charge on any atom is -0.359 e. The van der Waals surface area contributed by atoms with Crippen molar-refractivity contribution in [3.63, 3.8) is 0 Å². The van der Waals surface area contributed by atoms with Gasteiger partial charge in [0.25, 0.3) is 0 Å². The molecule has 4 rings (SSSR count). The van der Waals surface area contributed by atoms with Crippen LogP contribution in [0.2, 0.25) is 0 Å². The Bertz CT molecular complexity index is 1100. The number of carbonyl (C=O) groups is 1. The van der Waals surface area contributed by atoms with Crippen molar-refractivity contribution in [2.75, 3.05) is 7.05 Å². The zero-order chi connectivity index (χ0) is 19.5. The fraction of sp³-hybridized carbons (Fsp3) is 0.227. The summed E-state index contributed by atoms with van der Waals surface area (Å²) in [6.07, 6.45) is 3.88. The molecule has 142 valence electrons. The minimum atomic E-state index is 0.0662. The Morgan fingerprint density at radius 2 is 2.04 bits per heavy atom. The van der Waals surface area contributed by atoms with Gasteiger partial charge in [0.15, 0.2) is 5.76 Å². The summed E-state index contributed by atoms with van der Waals surface area (Å²) in [7, 11) is 1.79. The minimum absolute atomic E-state index is 0.0662. The van der Waals surface area contributed by atoms with Crippen molar-refractivity contribution >= 4 is 16.8 Å². The Kier molecular flexibility index (Phi) is 4.93. The number of benzene rings is 1. The maximum atomic E-state index is 12.6. The Hall–Kier alpha value is -3.41. The summed E-state index contributed by atoms with van der Waals surface area (Å²) in [5.41, 5.74) is 3.93. The molecule has 0 atom stereocenters. The van der Waals surface area contributed by atoms with Crippen molar-refractivity contribution < 1.29 is 9.32 Å². The van der Waals surface area contributed by atoms with Crippen LogP contribution < -0.4 is 0 Å². The van der Waals surface area contributed by atoms with Crippen molar-refractivity contribution in [1.82, 2.24) is 19.6 Å². The highest BCUT2D eigenvalue weighted by Crippen LogP contribution is 2.21. The average molecular weight is 374 g/mol. The molecule has 0 fully saturated rings. The van der Waals surface area contributed by atoms with Crippen LogP contribution in [-0.4, -0.2) is 32.6 Å². The largest absolute Gasteiger partial charge is 0.359 e. The molecule has 28 heavy (non-hydrogen) atoms. The quantitative estimate of drug-likeness (QED) is 0.511. The monoisotopic (exact) mass is 374 g/mol. The number of hydrogen-bond acceptors (Lipinski definition) is 4. The molecule has 0 N–H and O–H groups in total. The second-order valence-electron chi connectivity index (χ2n) is 6.92. The standard InChI is InChI=1S/C22H22N4O2/c1-16-12-17-6-3-4-8-21(17)26(16)11-9-22(27)25(2)15-19-13-20(24-28-19)18-7-5-10-23-14-18/h3-8,10,12-14H,9,11,15H2,1-2H3. The van der Waals surface area contributed by atoms with Crippen LogP contribution in [-0.2, 0) is 17.9 Å². The molecule has 0 spiro atoms. The van der Waals surface area contributed by atoms with Gasteiger partial charge in [-0.2, -0.15) is 0 Å². The number of aryl methyl sites for hydroxylation is 2. The highest BCUT2D eigenvalue weighted by molar-refractivity contribution is 5.81. The topological polar surface area (TPSA) is 64.2 Å². The maximum Gasteiger partial charge on any atom is 0.224 e. The molecule has 0 aliphatic carbocycles. The van der Waals surface area contributed by atoms with E-state index in [-0.39, 0.29) is 5.91 Å². The molecule has 0 saturated heterocycles. The Morgan fingerprint density at radius 1 is 1.18 bits per heavy atom. The first-order valence-corrected chi connectivity index (χ1v) is 9.26. The van der Waals surface area contributed by atoms with E-state index in [1.54, 1.807) is 24.3 Å². The third kappa shape index (κ3) is 3.67. The Labute approximate surface area is 163 Å². The lowest BCUT2D eigenvalue weighted by molar-refractivity contribution is -0.130. The summed E-state index contributed by atoms with van der Waals surface area (Å²) >= 11 is 0. The zero-order valence-corrected chi connectivity index (χ0v) is 16.0. The highest BCUT2D eigenvalue weighted by atomic mass is 16.5. The predicted octanol–water partition coefficient (Wildman–Crippen LogP) is 4.05. The number of para-hydroxylation sites is 1. The number of amides is 1. The molecule has 0 aliphatic heterocycles. The second-order valence-corrected chi connectivity index (χ2v) is 6.92. The van der Waals surface area contributed by atoms with Crippen LogP contribution in [0.3, 0.4) is 0 Å². The summed E-state index contributed by atoms with van der Waals surface area (Å²) in [5, 5.41) is 5.27. The van der Waals surface area contributed by atoms with E-state index >= 15 is 0 Å². The van der Waals surface area contributed by atoms with E-state index in [1.165, 1.54) is 5.39 Å². The molecule has 0 bridgehead atoms. The summed E-state index contributed by atoms with van der Waals surface area (Å²) in [6, 6.07) is 16.0. The van der Waals surface area contributed by atoms with E-state index in [2.05, 4.69) is 39.8 Å². The summed E-state index contributed by atoms with van der Waals surface area (Å²) in [4.78, 5) is 18.4. The molecule has 4 aromatic rings. The first-order valence-electron chi connectivity index (χ1n) is 9.26. The second kappa shape index (κ2) is 7.68. The maximum absolute atomic E-state index is 12.6. The smallest absolute Gasteiger partial charge is 0.224 e. The highest BCUT2D eigenvalue weighted by Gasteiger charge is 2.14. The van der Waals surface area contributed by atoms with Gasteiger partial charge < -0.3 is 14.0 Å². The van der Waals surface area contributed by atoms with Crippen LogP contribution in [0.1, 0.15) is 17.9 Å². The van der Waals surface area contributed by atoms with Gasteiger partial charge >= 0.3 is 0 Å². The molecule has 0 unspecified atom stereocenters. The third-order valence-electron chi connectivity index (χ3n) is 4.90. The number of carbonyl (C=O) groups excluding carboxylic acids is 1. The van der Waals surface area contributed by atoms with Gasteiger partial charge in [0.1, 0.15) is 5.69 Å². The van der Waals surface area contributed by atoms with Crippen molar-refractivity contribution in [3.05, 3.63) is 72.4 Å². The van der Waals surface area contributed by atoms with Gasteiger partial charge in [-0.15, -0.1) is 0 Å². The van der Waals surface area contributed by atoms with Crippen LogP contribution in [0.25, 0.3) is 22.2 Å². The van der Waals surface area contributed by atoms with E-state index in [0.717, 1.165) is 22.5 Å². The van der Waals surface area contributed by atoms with Gasteiger partial charge in [0.2, 0.25) is 5.91 Å². The number of nitrogens with zero attached hydrogens (tertiary/aromatic N) is 4. The molecule has 1 amide bonds. The van der Waals surface area contributed by atoms with E-state index < -0.39 is 0 Å². The third-order valence-corrected chi connectivity index (χ3v) is 4.90. The van der Waals surface area contributed by atoms with Crippen LogP contribution in [0.5, 0.6) is 0 Å². The SMILES string of the molecule is Cc1cc2ccccc2n1CCC(=O)N(C)Cc1cc(-c2cccnc2)no1. The van der Waals surface area contributed by atoms with E-state index in [9.17, 15) is 4.79 Å². The van der Waals surface area contributed by atoms with Gasteiger partial charge in [-0.3, -0.25) is 9.78 Å². The number of hydrogen-bond donors (Lipinski definition) is 0. The fourth-order valence-electron chi connectivity index (χ4n) is 3.40. The molecule has 1 aromatic carbocycles. The van der Waals surface area contributed by atoms with Gasteiger partial charge in [0, 0.05) is 55.2 Å². The van der Waals surface area contributed by atoms with Gasteiger partial charge in [-0.05, 0) is 36.6 Å². The lowest BCUT2D eigenvalue weighted by Crippen LogP contribution is -2.27. The lowest BCUT2D eigenvalue weighted by Gasteiger charge is -2.16. The first kappa shape index (κ1) is 18.0. The molecule has 0 radical (unpaired) electrons. The van der Waals surface area contributed by atoms with Crippen molar-refractivity contribution in [1.29, 1.82) is 0 Å². The fourth-order valence-corrected chi connectivity index (χ4v) is 3.40. The molecule has 6 nitrogen and oxygen atoms in total. The van der Waals surface area contributed by atoms with Crippen LogP contribution in [0.4, 0.5) is 0 Å². The number of rotatable bonds is 6. The predicted molar refractivity (Wildman–Crippen MR) is 108 cm³/mol. The van der Waals surface area contributed by atoms with Crippen LogP contribution >= 0.6 is 0 Å². The molecular weight excluding hydrogens is 352 g/mol. The van der Waals surface area contributed by atoms with E-state index in [4.69, 9.17) is 4.52 Å². The Balaban J connectivity index is 1.39. The molecule has 6 heteroatoms. The van der Waals surface area contributed by atoms with Crippen molar-refractivity contribution in [2.24, 2.45) is 0 Å². The average Bonchev–Trinajstić information content (AvgIpc) is 3.30. The molecule has 0 saturated carbocycles. The van der Waals surface area contributed by atoms with Gasteiger partial charge in [0.05, 0.1) is 6.54 Å². The zero-order valence-electron chi connectivity index (χ0n) is 16.0. The number of fused-ring (bicyclic) bond motifs is 1. The Morgan fingerprint density at radius 3 is 2.86 bits per heavy atom. The van der Waals surface area contributed by atoms with Crippen LogP contribution in [0, 0.1) is 6.92 Å². The summed E-state index contributed by atoms with van der Waals surface area (Å²) in [6.45, 7) is 3.11. The lowest BCUT2D eigenvalue weighted by atomic mass is 10.2. The molecule has 0 aliphatic rings. The molecule has 3 heterocycles. The van der Waals surface area contributed by atoms with Gasteiger partial charge in [-0.25, -0.2) is 0 Å². The summed E-state index contributed by atoms with van der Waals surface area (Å²) in [5.74, 6) is 0.716.